The third-order valence-electron chi connectivity index (χ3n) is 4.87. The Balaban J connectivity index is 0.00000272. The summed E-state index contributed by atoms with van der Waals surface area (Å²) in [6.07, 6.45) is 0. The molecule has 0 saturated heterocycles. The molecule has 0 unspecified atom stereocenters. The van der Waals surface area contributed by atoms with Gasteiger partial charge in [0.05, 0.1) is 4.90 Å². The van der Waals surface area contributed by atoms with Crippen LogP contribution in [0.5, 0.6) is 5.75 Å². The van der Waals surface area contributed by atoms with Crippen LogP contribution in [0.15, 0.2) is 95.9 Å². The number of ether oxygens (including phenoxy) is 1. The van der Waals surface area contributed by atoms with Gasteiger partial charge in [0.25, 0.3) is 0 Å². The number of fused-ring (bicyclic) bond motifs is 1. The molecule has 0 radical (unpaired) electrons. The lowest BCUT2D eigenvalue weighted by Crippen LogP contribution is -2.23. The molecule has 0 saturated carbocycles. The standard InChI is InChI=1S/C24H22N2O3S.ClH/c25-22-13-6-12-21-20(22)11-7-15-24(21)30(27,28)26-16-19-10-4-5-14-23(19)29-17-18-8-2-1-3-9-18;/h1-15,26H,16-17,25H2;1H. The Morgan fingerprint density at radius 3 is 2.26 bits per heavy atom. The van der Waals surface area contributed by atoms with Crippen LogP contribution in [0.3, 0.4) is 0 Å². The van der Waals surface area contributed by atoms with Gasteiger partial charge in [-0.3, -0.25) is 0 Å². The van der Waals surface area contributed by atoms with Gasteiger partial charge in [-0.25, -0.2) is 13.1 Å². The van der Waals surface area contributed by atoms with Crippen LogP contribution < -0.4 is 15.2 Å². The summed E-state index contributed by atoms with van der Waals surface area (Å²) in [4.78, 5) is 0.204. The van der Waals surface area contributed by atoms with E-state index in [2.05, 4.69) is 4.72 Å². The van der Waals surface area contributed by atoms with Crippen molar-refractivity contribution >= 4 is 38.9 Å². The van der Waals surface area contributed by atoms with E-state index in [-0.39, 0.29) is 23.8 Å². The van der Waals surface area contributed by atoms with Gasteiger partial charge in [0.15, 0.2) is 0 Å². The molecule has 0 spiro atoms. The summed E-state index contributed by atoms with van der Waals surface area (Å²) in [5.41, 5.74) is 8.35. The number of rotatable bonds is 7. The van der Waals surface area contributed by atoms with E-state index in [0.717, 1.165) is 11.1 Å². The highest BCUT2D eigenvalue weighted by Gasteiger charge is 2.18. The number of para-hydroxylation sites is 1. The Morgan fingerprint density at radius 1 is 0.774 bits per heavy atom. The number of nitrogen functional groups attached to an aromatic ring is 1. The minimum absolute atomic E-state index is 0. The van der Waals surface area contributed by atoms with E-state index in [1.807, 2.05) is 60.7 Å². The third-order valence-corrected chi connectivity index (χ3v) is 6.33. The van der Waals surface area contributed by atoms with E-state index < -0.39 is 10.0 Å². The van der Waals surface area contributed by atoms with Crippen LogP contribution in [0.1, 0.15) is 11.1 Å². The maximum absolute atomic E-state index is 13.0. The zero-order chi connectivity index (χ0) is 21.0. The Morgan fingerprint density at radius 2 is 1.45 bits per heavy atom. The quantitative estimate of drug-likeness (QED) is 0.389. The van der Waals surface area contributed by atoms with Crippen molar-refractivity contribution < 1.29 is 13.2 Å². The number of nitrogens with one attached hydrogen (secondary N) is 1. The van der Waals surface area contributed by atoms with Gasteiger partial charge >= 0.3 is 0 Å². The summed E-state index contributed by atoms with van der Waals surface area (Å²) in [5, 5.41) is 1.31. The van der Waals surface area contributed by atoms with E-state index in [4.69, 9.17) is 10.5 Å². The number of hydrogen-bond donors (Lipinski definition) is 2. The highest BCUT2D eigenvalue weighted by Crippen LogP contribution is 2.27. The smallest absolute Gasteiger partial charge is 0.241 e. The van der Waals surface area contributed by atoms with Crippen LogP contribution in [0.2, 0.25) is 0 Å². The van der Waals surface area contributed by atoms with Crippen LogP contribution in [-0.2, 0) is 23.2 Å². The molecule has 0 atom stereocenters. The summed E-state index contributed by atoms with van der Waals surface area (Å²) >= 11 is 0. The van der Waals surface area contributed by atoms with Crippen LogP contribution in [-0.4, -0.2) is 8.42 Å². The van der Waals surface area contributed by atoms with Crippen molar-refractivity contribution in [1.82, 2.24) is 4.72 Å². The van der Waals surface area contributed by atoms with E-state index in [1.165, 1.54) is 0 Å². The monoisotopic (exact) mass is 454 g/mol. The van der Waals surface area contributed by atoms with Gasteiger partial charge in [-0.05, 0) is 23.8 Å². The van der Waals surface area contributed by atoms with Crippen LogP contribution in [0, 0.1) is 0 Å². The van der Waals surface area contributed by atoms with Crippen molar-refractivity contribution in [3.8, 4) is 5.75 Å². The lowest BCUT2D eigenvalue weighted by atomic mass is 10.1. The number of benzene rings is 4. The zero-order valence-corrected chi connectivity index (χ0v) is 18.3. The highest BCUT2D eigenvalue weighted by atomic mass is 35.5. The van der Waals surface area contributed by atoms with Gasteiger partial charge in [0, 0.05) is 28.6 Å². The molecule has 31 heavy (non-hydrogen) atoms. The molecule has 0 bridgehead atoms. The van der Waals surface area contributed by atoms with Gasteiger partial charge in [0.2, 0.25) is 10.0 Å². The summed E-state index contributed by atoms with van der Waals surface area (Å²) in [5.74, 6) is 0.645. The van der Waals surface area contributed by atoms with Crippen molar-refractivity contribution in [2.24, 2.45) is 0 Å². The maximum atomic E-state index is 13.0. The van der Waals surface area contributed by atoms with E-state index in [9.17, 15) is 8.42 Å². The van der Waals surface area contributed by atoms with E-state index >= 15 is 0 Å². The minimum atomic E-state index is -3.75. The average Bonchev–Trinajstić information content (AvgIpc) is 2.77. The number of anilines is 1. The first-order valence-electron chi connectivity index (χ1n) is 9.56. The summed E-state index contributed by atoms with van der Waals surface area (Å²) in [7, 11) is -3.75. The zero-order valence-electron chi connectivity index (χ0n) is 16.7. The van der Waals surface area contributed by atoms with E-state index in [1.54, 1.807) is 30.3 Å². The predicted octanol–water partition coefficient (Wildman–Crippen LogP) is 4.90. The maximum Gasteiger partial charge on any atom is 0.241 e. The fourth-order valence-electron chi connectivity index (χ4n) is 3.32. The second-order valence-corrected chi connectivity index (χ2v) is 8.64. The summed E-state index contributed by atoms with van der Waals surface area (Å²) < 4.78 is 34.7. The Hall–Kier alpha value is -3.06. The largest absolute Gasteiger partial charge is 0.489 e. The first-order chi connectivity index (χ1) is 14.5. The van der Waals surface area contributed by atoms with Gasteiger partial charge in [0.1, 0.15) is 12.4 Å². The minimum Gasteiger partial charge on any atom is -0.489 e. The van der Waals surface area contributed by atoms with Crippen LogP contribution in [0.25, 0.3) is 10.8 Å². The molecule has 4 rings (SSSR count). The van der Waals surface area contributed by atoms with Crippen LogP contribution >= 0.6 is 12.4 Å². The number of halogens is 1. The second-order valence-electron chi connectivity index (χ2n) is 6.91. The SMILES string of the molecule is Cl.Nc1cccc2c(S(=O)(=O)NCc3ccccc3OCc3ccccc3)cccc12. The van der Waals surface area contributed by atoms with Gasteiger partial charge in [-0.15, -0.1) is 12.4 Å². The third kappa shape index (κ3) is 5.17. The number of hydrogen-bond acceptors (Lipinski definition) is 4. The molecule has 160 valence electrons. The fraction of sp³-hybridized carbons (Fsp3) is 0.0833. The van der Waals surface area contributed by atoms with Crippen molar-refractivity contribution in [2.75, 3.05) is 5.73 Å². The Labute approximate surface area is 188 Å². The van der Waals surface area contributed by atoms with Gasteiger partial charge < -0.3 is 10.5 Å². The summed E-state index contributed by atoms with van der Waals surface area (Å²) in [6.45, 7) is 0.527. The average molecular weight is 455 g/mol. The predicted molar refractivity (Wildman–Crippen MR) is 127 cm³/mol. The van der Waals surface area contributed by atoms with Gasteiger partial charge in [-0.1, -0.05) is 72.8 Å². The molecule has 0 aliphatic rings. The highest BCUT2D eigenvalue weighted by molar-refractivity contribution is 7.89. The molecule has 4 aromatic carbocycles. The van der Waals surface area contributed by atoms with Crippen molar-refractivity contribution in [3.05, 3.63) is 102 Å². The van der Waals surface area contributed by atoms with Crippen molar-refractivity contribution in [2.45, 2.75) is 18.0 Å². The first kappa shape index (κ1) is 22.6. The molecule has 0 aliphatic heterocycles. The van der Waals surface area contributed by atoms with Crippen molar-refractivity contribution in [1.29, 1.82) is 0 Å². The van der Waals surface area contributed by atoms with Gasteiger partial charge in [-0.2, -0.15) is 0 Å². The molecular weight excluding hydrogens is 432 g/mol. The van der Waals surface area contributed by atoms with Crippen molar-refractivity contribution in [3.63, 3.8) is 0 Å². The molecule has 0 fully saturated rings. The Bertz CT molecular complexity index is 1280. The van der Waals surface area contributed by atoms with E-state index in [0.29, 0.717) is 28.8 Å². The first-order valence-corrected chi connectivity index (χ1v) is 11.0. The molecule has 0 aliphatic carbocycles. The number of nitrogens with two attached hydrogens (primary N) is 1. The lowest BCUT2D eigenvalue weighted by molar-refractivity contribution is 0.302. The molecular formula is C24H23ClN2O3S. The molecule has 3 N–H and O–H groups in total. The normalized spacial score (nSPS) is 11.1. The molecule has 0 aromatic heterocycles. The molecule has 5 nitrogen and oxygen atoms in total. The topological polar surface area (TPSA) is 81.4 Å². The number of sulfonamides is 1. The molecule has 0 heterocycles. The molecule has 4 aromatic rings. The fourth-order valence-corrected chi connectivity index (χ4v) is 4.54. The summed E-state index contributed by atoms with van der Waals surface area (Å²) in [6, 6.07) is 27.6. The molecule has 7 heteroatoms. The Kier molecular flexibility index (Phi) is 7.17. The second kappa shape index (κ2) is 9.83. The lowest BCUT2D eigenvalue weighted by Gasteiger charge is -2.14. The van der Waals surface area contributed by atoms with Crippen LogP contribution in [0.4, 0.5) is 5.69 Å². The molecule has 0 amide bonds.